The second-order valence-corrected chi connectivity index (χ2v) is 6.87. The standard InChI is InChI=1S/C22H23N5O3/c1-14-19(21(28)23-12-15-7-5-4-6-8-15)20(27-22(26-14)24-13-25-27)17-11-16(29-2)9-10-18(17)30-3/h4-11,13,20H,12H2,1-3H3,(H,23,28)(H,24,25,26)/t20-/m1/s1. The van der Waals surface area contributed by atoms with Gasteiger partial charge < -0.3 is 20.1 Å². The lowest BCUT2D eigenvalue weighted by atomic mass is 9.94. The van der Waals surface area contributed by atoms with E-state index < -0.39 is 6.04 Å². The highest BCUT2D eigenvalue weighted by molar-refractivity contribution is 5.96. The predicted molar refractivity (Wildman–Crippen MR) is 112 cm³/mol. The SMILES string of the molecule is COc1ccc(OC)c([C@@H]2C(C(=O)NCc3ccccc3)=C(C)Nc3ncnn32)c1. The van der Waals surface area contributed by atoms with Gasteiger partial charge in [-0.1, -0.05) is 30.3 Å². The first-order valence-corrected chi connectivity index (χ1v) is 9.53. The number of carbonyl (C=O) groups excluding carboxylic acids is 1. The van der Waals surface area contributed by atoms with Crippen molar-refractivity contribution in [2.75, 3.05) is 19.5 Å². The molecule has 0 saturated heterocycles. The first-order chi connectivity index (χ1) is 14.6. The predicted octanol–water partition coefficient (Wildman–Crippen LogP) is 2.90. The first kappa shape index (κ1) is 19.5. The summed E-state index contributed by atoms with van der Waals surface area (Å²) in [4.78, 5) is 17.6. The molecule has 1 aliphatic rings. The number of hydrogen-bond acceptors (Lipinski definition) is 6. The molecule has 0 aliphatic carbocycles. The highest BCUT2D eigenvalue weighted by Crippen LogP contribution is 2.40. The van der Waals surface area contributed by atoms with Gasteiger partial charge in [0, 0.05) is 17.8 Å². The van der Waals surface area contributed by atoms with Crippen LogP contribution in [-0.2, 0) is 11.3 Å². The molecule has 0 unspecified atom stereocenters. The number of nitrogens with zero attached hydrogens (tertiary/aromatic N) is 3. The van der Waals surface area contributed by atoms with Gasteiger partial charge >= 0.3 is 0 Å². The molecule has 1 aromatic heterocycles. The van der Waals surface area contributed by atoms with Gasteiger partial charge in [-0.05, 0) is 30.7 Å². The van der Waals surface area contributed by atoms with E-state index in [0.29, 0.717) is 35.3 Å². The number of rotatable bonds is 6. The number of anilines is 1. The molecule has 2 aromatic carbocycles. The molecule has 2 N–H and O–H groups in total. The van der Waals surface area contributed by atoms with E-state index in [-0.39, 0.29) is 5.91 Å². The lowest BCUT2D eigenvalue weighted by Gasteiger charge is -2.29. The third-order valence-corrected chi connectivity index (χ3v) is 5.07. The molecule has 30 heavy (non-hydrogen) atoms. The summed E-state index contributed by atoms with van der Waals surface area (Å²) in [5, 5.41) is 10.6. The molecule has 1 atom stereocenters. The molecule has 1 aliphatic heterocycles. The quantitative estimate of drug-likeness (QED) is 0.655. The van der Waals surface area contributed by atoms with E-state index in [1.165, 1.54) is 6.33 Å². The topological polar surface area (TPSA) is 90.3 Å². The van der Waals surface area contributed by atoms with Crippen molar-refractivity contribution in [2.45, 2.75) is 19.5 Å². The van der Waals surface area contributed by atoms with Gasteiger partial charge in [-0.3, -0.25) is 4.79 Å². The fourth-order valence-corrected chi connectivity index (χ4v) is 3.60. The number of benzene rings is 2. The van der Waals surface area contributed by atoms with Crippen molar-refractivity contribution < 1.29 is 14.3 Å². The Hall–Kier alpha value is -3.81. The number of allylic oxidation sites excluding steroid dienone is 1. The fourth-order valence-electron chi connectivity index (χ4n) is 3.60. The molecule has 0 fully saturated rings. The third kappa shape index (κ3) is 3.59. The molecule has 3 aromatic rings. The molecule has 0 radical (unpaired) electrons. The first-order valence-electron chi connectivity index (χ1n) is 9.53. The Balaban J connectivity index is 1.75. The summed E-state index contributed by atoms with van der Waals surface area (Å²) < 4.78 is 12.7. The molecule has 8 heteroatoms. The van der Waals surface area contributed by atoms with Crippen molar-refractivity contribution in [3.8, 4) is 11.5 Å². The van der Waals surface area contributed by atoms with E-state index in [9.17, 15) is 4.79 Å². The minimum Gasteiger partial charge on any atom is -0.497 e. The fraction of sp³-hybridized carbons (Fsp3) is 0.227. The number of hydrogen-bond donors (Lipinski definition) is 2. The van der Waals surface area contributed by atoms with Crippen LogP contribution in [0, 0.1) is 0 Å². The number of carbonyl (C=O) groups is 1. The molecular weight excluding hydrogens is 382 g/mol. The van der Waals surface area contributed by atoms with Crippen LogP contribution in [0.5, 0.6) is 11.5 Å². The van der Waals surface area contributed by atoms with Crippen molar-refractivity contribution in [3.05, 3.63) is 77.3 Å². The molecular formula is C22H23N5O3. The number of nitrogens with one attached hydrogen (secondary N) is 2. The number of ether oxygens (including phenoxy) is 2. The van der Waals surface area contributed by atoms with Crippen LogP contribution in [0.3, 0.4) is 0 Å². The molecule has 8 nitrogen and oxygen atoms in total. The Bertz CT molecular complexity index is 1090. The van der Waals surface area contributed by atoms with Gasteiger partial charge in [-0.25, -0.2) is 4.68 Å². The zero-order valence-corrected chi connectivity index (χ0v) is 17.0. The van der Waals surface area contributed by atoms with Crippen LogP contribution in [0.15, 0.2) is 66.1 Å². The van der Waals surface area contributed by atoms with E-state index in [2.05, 4.69) is 20.7 Å². The monoisotopic (exact) mass is 405 g/mol. The number of aromatic nitrogens is 3. The molecule has 154 valence electrons. The molecule has 1 amide bonds. The molecule has 4 rings (SSSR count). The Kier molecular flexibility index (Phi) is 5.38. The van der Waals surface area contributed by atoms with Crippen LogP contribution in [0.1, 0.15) is 24.1 Å². The van der Waals surface area contributed by atoms with Gasteiger partial charge in [-0.15, -0.1) is 0 Å². The Labute approximate surface area is 174 Å². The summed E-state index contributed by atoms with van der Waals surface area (Å²) in [5.74, 6) is 1.65. The third-order valence-electron chi connectivity index (χ3n) is 5.07. The average Bonchev–Trinajstić information content (AvgIpc) is 3.24. The van der Waals surface area contributed by atoms with Gasteiger partial charge in [-0.2, -0.15) is 10.1 Å². The van der Waals surface area contributed by atoms with Gasteiger partial charge in [0.25, 0.3) is 5.91 Å². The minimum absolute atomic E-state index is 0.195. The van der Waals surface area contributed by atoms with Crippen LogP contribution in [-0.4, -0.2) is 34.9 Å². The Morgan fingerprint density at radius 2 is 1.97 bits per heavy atom. The van der Waals surface area contributed by atoms with Gasteiger partial charge in [0.2, 0.25) is 5.95 Å². The molecule has 0 spiro atoms. The Morgan fingerprint density at radius 3 is 2.70 bits per heavy atom. The van der Waals surface area contributed by atoms with E-state index in [0.717, 1.165) is 11.1 Å². The van der Waals surface area contributed by atoms with Gasteiger partial charge in [0.1, 0.15) is 23.9 Å². The maximum absolute atomic E-state index is 13.3. The van der Waals surface area contributed by atoms with Crippen LogP contribution in [0.25, 0.3) is 0 Å². The average molecular weight is 405 g/mol. The zero-order valence-electron chi connectivity index (χ0n) is 17.0. The summed E-state index contributed by atoms with van der Waals surface area (Å²) in [6.45, 7) is 2.28. The highest BCUT2D eigenvalue weighted by atomic mass is 16.5. The lowest BCUT2D eigenvalue weighted by molar-refractivity contribution is -0.118. The summed E-state index contributed by atoms with van der Waals surface area (Å²) >= 11 is 0. The number of fused-ring (bicyclic) bond motifs is 1. The summed E-state index contributed by atoms with van der Waals surface area (Å²) in [5.41, 5.74) is 3.02. The summed E-state index contributed by atoms with van der Waals surface area (Å²) in [6, 6.07) is 14.7. The summed E-state index contributed by atoms with van der Waals surface area (Å²) in [7, 11) is 3.20. The van der Waals surface area contributed by atoms with E-state index in [1.807, 2.05) is 55.5 Å². The van der Waals surface area contributed by atoms with Crippen molar-refractivity contribution in [3.63, 3.8) is 0 Å². The largest absolute Gasteiger partial charge is 0.497 e. The van der Waals surface area contributed by atoms with E-state index in [1.54, 1.807) is 18.9 Å². The van der Waals surface area contributed by atoms with Crippen LogP contribution in [0.2, 0.25) is 0 Å². The van der Waals surface area contributed by atoms with Crippen molar-refractivity contribution in [2.24, 2.45) is 0 Å². The molecule has 0 bridgehead atoms. The Morgan fingerprint density at radius 1 is 1.17 bits per heavy atom. The second kappa shape index (κ2) is 8.28. The van der Waals surface area contributed by atoms with Crippen LogP contribution < -0.4 is 20.1 Å². The second-order valence-electron chi connectivity index (χ2n) is 6.87. The molecule has 2 heterocycles. The maximum atomic E-state index is 13.3. The van der Waals surface area contributed by atoms with E-state index in [4.69, 9.17) is 9.47 Å². The summed E-state index contributed by atoms with van der Waals surface area (Å²) in [6.07, 6.45) is 1.46. The zero-order chi connectivity index (χ0) is 21.1. The van der Waals surface area contributed by atoms with Gasteiger partial charge in [0.15, 0.2) is 0 Å². The number of amides is 1. The van der Waals surface area contributed by atoms with Crippen molar-refractivity contribution in [1.82, 2.24) is 20.1 Å². The van der Waals surface area contributed by atoms with E-state index >= 15 is 0 Å². The van der Waals surface area contributed by atoms with Gasteiger partial charge in [0.05, 0.1) is 19.8 Å². The maximum Gasteiger partial charge on any atom is 0.251 e. The van der Waals surface area contributed by atoms with Crippen molar-refractivity contribution in [1.29, 1.82) is 0 Å². The van der Waals surface area contributed by atoms with Crippen LogP contribution >= 0.6 is 0 Å². The lowest BCUT2D eigenvalue weighted by Crippen LogP contribution is -2.35. The molecule has 0 saturated carbocycles. The number of methoxy groups -OCH3 is 2. The van der Waals surface area contributed by atoms with Crippen molar-refractivity contribution >= 4 is 11.9 Å². The van der Waals surface area contributed by atoms with Crippen LogP contribution in [0.4, 0.5) is 5.95 Å². The highest BCUT2D eigenvalue weighted by Gasteiger charge is 2.35. The normalized spacial score (nSPS) is 15.2. The minimum atomic E-state index is -0.524. The smallest absolute Gasteiger partial charge is 0.251 e.